The molecular formula is C17H23NO5. The van der Waals surface area contributed by atoms with E-state index in [0.717, 1.165) is 24.9 Å². The van der Waals surface area contributed by atoms with Gasteiger partial charge in [0.2, 0.25) is 0 Å². The molecule has 126 valence electrons. The number of methoxy groups -OCH3 is 3. The molecule has 6 nitrogen and oxygen atoms in total. The first-order chi connectivity index (χ1) is 11.2. The maximum absolute atomic E-state index is 11.8. The van der Waals surface area contributed by atoms with Crippen LogP contribution in [0, 0.1) is 0 Å². The average molecular weight is 321 g/mol. The zero-order valence-electron chi connectivity index (χ0n) is 13.8. The lowest BCUT2D eigenvalue weighted by Gasteiger charge is -2.12. The molecule has 1 fully saturated rings. The van der Waals surface area contributed by atoms with Gasteiger partial charge >= 0.3 is 5.97 Å². The third-order valence-electron chi connectivity index (χ3n) is 3.70. The molecular weight excluding hydrogens is 298 g/mol. The Bertz CT molecular complexity index is 564. The number of carbonyl (C=O) groups excluding carboxylic acids is 1. The second-order valence-electron chi connectivity index (χ2n) is 5.13. The van der Waals surface area contributed by atoms with Gasteiger partial charge in [-0.25, -0.2) is 0 Å². The molecule has 0 bridgehead atoms. The van der Waals surface area contributed by atoms with Gasteiger partial charge in [0.15, 0.2) is 11.5 Å². The maximum Gasteiger partial charge on any atom is 0.323 e. The lowest BCUT2D eigenvalue weighted by atomic mass is 10.1. The van der Waals surface area contributed by atoms with E-state index in [4.69, 9.17) is 18.9 Å². The molecule has 1 aliphatic heterocycles. The molecule has 23 heavy (non-hydrogen) atoms. The van der Waals surface area contributed by atoms with Crippen molar-refractivity contribution < 1.29 is 23.7 Å². The Morgan fingerprint density at radius 2 is 1.87 bits per heavy atom. The highest BCUT2D eigenvalue weighted by Crippen LogP contribution is 2.35. The van der Waals surface area contributed by atoms with E-state index in [2.05, 4.69) is 5.32 Å². The molecule has 0 saturated carbocycles. The molecule has 0 spiro atoms. The summed E-state index contributed by atoms with van der Waals surface area (Å²) in [7, 11) is 4.74. The summed E-state index contributed by atoms with van der Waals surface area (Å²) in [5, 5.41) is 3.11. The van der Waals surface area contributed by atoms with Crippen molar-refractivity contribution in [2.24, 2.45) is 0 Å². The summed E-state index contributed by atoms with van der Waals surface area (Å²) in [6.07, 6.45) is 5.46. The molecule has 1 aromatic rings. The van der Waals surface area contributed by atoms with Crippen LogP contribution in [0.15, 0.2) is 18.2 Å². The second-order valence-corrected chi connectivity index (χ2v) is 5.13. The van der Waals surface area contributed by atoms with Crippen molar-refractivity contribution in [1.29, 1.82) is 0 Å². The van der Waals surface area contributed by atoms with E-state index in [1.165, 1.54) is 0 Å². The summed E-state index contributed by atoms with van der Waals surface area (Å²) in [4.78, 5) is 11.8. The fourth-order valence-electron chi connectivity index (χ4n) is 2.47. The molecule has 1 N–H and O–H groups in total. The van der Waals surface area contributed by atoms with Gasteiger partial charge in [-0.2, -0.15) is 0 Å². The SMILES string of the molecule is COc1cc(OC)c(OC)cc1/C=C/COC(=O)[C@@H]1CCCN1. The Morgan fingerprint density at radius 1 is 1.17 bits per heavy atom. The Kier molecular flexibility index (Phi) is 6.29. The number of hydrogen-bond acceptors (Lipinski definition) is 6. The molecule has 0 radical (unpaired) electrons. The lowest BCUT2D eigenvalue weighted by Crippen LogP contribution is -2.32. The van der Waals surface area contributed by atoms with Crippen molar-refractivity contribution >= 4 is 12.0 Å². The van der Waals surface area contributed by atoms with Crippen LogP contribution < -0.4 is 19.5 Å². The van der Waals surface area contributed by atoms with Crippen LogP contribution in [0.2, 0.25) is 0 Å². The Morgan fingerprint density at radius 3 is 2.48 bits per heavy atom. The number of hydrogen-bond donors (Lipinski definition) is 1. The van der Waals surface area contributed by atoms with Crippen LogP contribution >= 0.6 is 0 Å². The van der Waals surface area contributed by atoms with Gasteiger partial charge in [-0.05, 0) is 31.5 Å². The number of nitrogens with one attached hydrogen (secondary N) is 1. The van der Waals surface area contributed by atoms with Crippen molar-refractivity contribution in [3.05, 3.63) is 23.8 Å². The normalized spacial score (nSPS) is 17.3. The standard InChI is InChI=1S/C17H23NO5/c1-20-14-11-16(22-3)15(21-2)10-12(14)6-5-9-23-17(19)13-7-4-8-18-13/h5-6,10-11,13,18H,4,7-9H2,1-3H3/b6-5+/t13-/m0/s1. The van der Waals surface area contributed by atoms with Gasteiger partial charge in [0.05, 0.1) is 21.3 Å². The summed E-state index contributed by atoms with van der Waals surface area (Å²) < 4.78 is 21.1. The second kappa shape index (κ2) is 8.43. The molecule has 1 aromatic carbocycles. The molecule has 6 heteroatoms. The molecule has 1 aliphatic rings. The van der Waals surface area contributed by atoms with Crippen LogP contribution in [-0.2, 0) is 9.53 Å². The highest BCUT2D eigenvalue weighted by molar-refractivity contribution is 5.76. The van der Waals surface area contributed by atoms with E-state index < -0.39 is 0 Å². The van der Waals surface area contributed by atoms with E-state index in [1.54, 1.807) is 33.5 Å². The first-order valence-electron chi connectivity index (χ1n) is 7.56. The van der Waals surface area contributed by atoms with Gasteiger partial charge in [-0.1, -0.05) is 6.08 Å². The quantitative estimate of drug-likeness (QED) is 0.775. The summed E-state index contributed by atoms with van der Waals surface area (Å²) in [5.74, 6) is 1.66. The Labute approximate surface area is 136 Å². The molecule has 0 unspecified atom stereocenters. The van der Waals surface area contributed by atoms with Crippen LogP contribution in [-0.4, -0.2) is 46.5 Å². The van der Waals surface area contributed by atoms with E-state index in [1.807, 2.05) is 12.1 Å². The van der Waals surface area contributed by atoms with Crippen LogP contribution in [0.5, 0.6) is 17.2 Å². The Hall–Kier alpha value is -2.21. The number of ether oxygens (including phenoxy) is 4. The molecule has 1 saturated heterocycles. The van der Waals surface area contributed by atoms with Crippen molar-refractivity contribution in [3.8, 4) is 17.2 Å². The van der Waals surface area contributed by atoms with E-state index in [-0.39, 0.29) is 18.6 Å². The lowest BCUT2D eigenvalue weighted by molar-refractivity contribution is -0.144. The van der Waals surface area contributed by atoms with Gasteiger partial charge in [-0.15, -0.1) is 0 Å². The van der Waals surface area contributed by atoms with Gasteiger partial charge in [0.1, 0.15) is 18.4 Å². The smallest absolute Gasteiger partial charge is 0.323 e. The van der Waals surface area contributed by atoms with Gasteiger partial charge < -0.3 is 24.3 Å². The summed E-state index contributed by atoms with van der Waals surface area (Å²) in [5.41, 5.74) is 0.820. The van der Waals surface area contributed by atoms with Crippen molar-refractivity contribution in [3.63, 3.8) is 0 Å². The zero-order chi connectivity index (χ0) is 16.7. The topological polar surface area (TPSA) is 66.0 Å². The number of esters is 1. The summed E-state index contributed by atoms with van der Waals surface area (Å²) >= 11 is 0. The van der Waals surface area contributed by atoms with Crippen LogP contribution in [0.4, 0.5) is 0 Å². The van der Waals surface area contributed by atoms with Crippen LogP contribution in [0.1, 0.15) is 18.4 Å². The van der Waals surface area contributed by atoms with Gasteiger partial charge in [-0.3, -0.25) is 4.79 Å². The maximum atomic E-state index is 11.8. The monoisotopic (exact) mass is 321 g/mol. The predicted molar refractivity (Wildman–Crippen MR) is 87.1 cm³/mol. The number of rotatable bonds is 7. The number of benzene rings is 1. The third-order valence-corrected chi connectivity index (χ3v) is 3.70. The van der Waals surface area contributed by atoms with E-state index in [0.29, 0.717) is 17.2 Å². The first-order valence-corrected chi connectivity index (χ1v) is 7.56. The molecule has 1 heterocycles. The van der Waals surface area contributed by atoms with Crippen LogP contribution in [0.3, 0.4) is 0 Å². The van der Waals surface area contributed by atoms with Crippen molar-refractivity contribution in [1.82, 2.24) is 5.32 Å². The van der Waals surface area contributed by atoms with Gasteiger partial charge in [0, 0.05) is 11.6 Å². The molecule has 0 aliphatic carbocycles. The third kappa shape index (κ3) is 4.39. The minimum atomic E-state index is -0.202. The van der Waals surface area contributed by atoms with Crippen LogP contribution in [0.25, 0.3) is 6.08 Å². The largest absolute Gasteiger partial charge is 0.496 e. The molecule has 0 aromatic heterocycles. The molecule has 0 amide bonds. The minimum Gasteiger partial charge on any atom is -0.496 e. The average Bonchev–Trinajstić information content (AvgIpc) is 3.12. The Balaban J connectivity index is 1.99. The number of carbonyl (C=O) groups is 1. The molecule has 1 atom stereocenters. The molecule has 2 rings (SSSR count). The van der Waals surface area contributed by atoms with E-state index in [9.17, 15) is 4.79 Å². The fraction of sp³-hybridized carbons (Fsp3) is 0.471. The minimum absolute atomic E-state index is 0.168. The van der Waals surface area contributed by atoms with Crippen molar-refractivity contribution in [2.75, 3.05) is 34.5 Å². The highest BCUT2D eigenvalue weighted by Gasteiger charge is 2.22. The van der Waals surface area contributed by atoms with Gasteiger partial charge in [0.25, 0.3) is 0 Å². The van der Waals surface area contributed by atoms with E-state index >= 15 is 0 Å². The summed E-state index contributed by atoms with van der Waals surface area (Å²) in [6, 6.07) is 3.40. The highest BCUT2D eigenvalue weighted by atomic mass is 16.5. The fourth-order valence-corrected chi connectivity index (χ4v) is 2.47. The summed E-state index contributed by atoms with van der Waals surface area (Å²) in [6.45, 7) is 1.09. The van der Waals surface area contributed by atoms with Crippen molar-refractivity contribution in [2.45, 2.75) is 18.9 Å². The zero-order valence-corrected chi connectivity index (χ0v) is 13.8. The first kappa shape index (κ1) is 17.1. The predicted octanol–water partition coefficient (Wildman–Crippen LogP) is 2.02.